The number of ether oxygens (including phenoxy) is 3. The zero-order valence-corrected chi connectivity index (χ0v) is 34.0. The second-order valence-electron chi connectivity index (χ2n) is 14.5. The normalized spacial score (nSPS) is 14.5. The number of aliphatic hydroxyl groups is 1. The lowest BCUT2D eigenvalue weighted by atomic mass is 9.96. The van der Waals surface area contributed by atoms with E-state index in [1.165, 1.54) is 11.8 Å². The average Bonchev–Trinajstić information content (AvgIpc) is 3.92. The number of benzene rings is 4. The van der Waals surface area contributed by atoms with Crippen molar-refractivity contribution in [3.8, 4) is 34.1 Å². The number of likely N-dealkylation sites (N-methyl/N-ethyl adjacent to an activating group) is 1. The van der Waals surface area contributed by atoms with Gasteiger partial charge >= 0.3 is 5.97 Å². The fourth-order valence-corrected chi connectivity index (χ4v) is 7.65. The van der Waals surface area contributed by atoms with E-state index in [0.717, 1.165) is 59.3 Å². The number of aliphatic carboxylic acids is 1. The standard InChI is InChI=1S/C45H44Cl2N6O6/c1-52(13-15-58-35-12-14-57-28-35)24-29-8-10-32(11-9-29)36-4-2-6-38(44(36)47)37-5-3-7-42-39(37)23-51-53(42)25-34-18-43(59-27-31-16-30(19-48)20-49-21-31)33(17-40(34)46)22-50-41(26-54)45(55)56/h2-11,16-18,20-21,23,35,41,50,54H,12-15,22,24-28H2,1H3,(H,55,56)/t35-,41-/m0/s1. The van der Waals surface area contributed by atoms with Gasteiger partial charge in [0, 0.05) is 71.3 Å². The predicted octanol–water partition coefficient (Wildman–Crippen LogP) is 7.34. The van der Waals surface area contributed by atoms with Gasteiger partial charge in [0.05, 0.1) is 54.8 Å². The Morgan fingerprint density at radius 2 is 1.83 bits per heavy atom. The zero-order chi connectivity index (χ0) is 41.3. The summed E-state index contributed by atoms with van der Waals surface area (Å²) in [4.78, 5) is 18.0. The minimum absolute atomic E-state index is 0.0612. The Morgan fingerprint density at radius 1 is 1.03 bits per heavy atom. The molecule has 0 amide bonds. The van der Waals surface area contributed by atoms with Crippen molar-refractivity contribution < 1.29 is 29.2 Å². The Bertz CT molecular complexity index is 2450. The maximum absolute atomic E-state index is 11.6. The van der Waals surface area contributed by atoms with Gasteiger partial charge in [0.2, 0.25) is 0 Å². The van der Waals surface area contributed by atoms with Crippen LogP contribution in [0.4, 0.5) is 0 Å². The first-order valence-electron chi connectivity index (χ1n) is 19.3. The minimum atomic E-state index is -1.18. The highest BCUT2D eigenvalue weighted by Gasteiger charge is 2.20. The first-order valence-corrected chi connectivity index (χ1v) is 20.0. The van der Waals surface area contributed by atoms with E-state index in [1.54, 1.807) is 24.4 Å². The van der Waals surface area contributed by atoms with Gasteiger partial charge in [-0.05, 0) is 60.0 Å². The molecule has 0 bridgehead atoms. The number of rotatable bonds is 18. The number of nitriles is 1. The Morgan fingerprint density at radius 3 is 2.59 bits per heavy atom. The number of pyridine rings is 1. The van der Waals surface area contributed by atoms with E-state index in [9.17, 15) is 20.3 Å². The van der Waals surface area contributed by atoms with E-state index < -0.39 is 18.6 Å². The lowest BCUT2D eigenvalue weighted by Gasteiger charge is -2.18. The topological polar surface area (TPSA) is 155 Å². The molecular weight excluding hydrogens is 791 g/mol. The molecule has 0 radical (unpaired) electrons. The van der Waals surface area contributed by atoms with Gasteiger partial charge in [-0.25, -0.2) is 0 Å². The Hall–Kier alpha value is -5.36. The molecule has 0 aliphatic carbocycles. The van der Waals surface area contributed by atoms with Crippen LogP contribution in [-0.2, 0) is 40.5 Å². The summed E-state index contributed by atoms with van der Waals surface area (Å²) < 4.78 is 19.4. The van der Waals surface area contributed by atoms with Crippen molar-refractivity contribution in [2.24, 2.45) is 0 Å². The van der Waals surface area contributed by atoms with E-state index >= 15 is 0 Å². The molecule has 0 spiro atoms. The Balaban J connectivity index is 1.10. The van der Waals surface area contributed by atoms with E-state index in [0.29, 0.717) is 57.8 Å². The third kappa shape index (κ3) is 10.3. The Kier molecular flexibility index (Phi) is 13.9. The molecule has 2 aromatic heterocycles. The number of aliphatic hydroxyl groups excluding tert-OH is 1. The van der Waals surface area contributed by atoms with Crippen LogP contribution >= 0.6 is 23.2 Å². The molecule has 1 aliphatic heterocycles. The lowest BCUT2D eigenvalue weighted by Crippen LogP contribution is -2.39. The van der Waals surface area contributed by atoms with Gasteiger partial charge in [-0.2, -0.15) is 10.4 Å². The minimum Gasteiger partial charge on any atom is -0.489 e. The number of nitrogens with one attached hydrogen (secondary N) is 1. The first kappa shape index (κ1) is 41.8. The molecular formula is C45H44Cl2N6O6. The van der Waals surface area contributed by atoms with Gasteiger partial charge in [0.25, 0.3) is 0 Å². The molecule has 3 heterocycles. The van der Waals surface area contributed by atoms with Crippen molar-refractivity contribution in [1.82, 2.24) is 25.0 Å². The summed E-state index contributed by atoms with van der Waals surface area (Å²) in [5.41, 5.74) is 8.22. The van der Waals surface area contributed by atoms with Crippen LogP contribution in [0.2, 0.25) is 10.0 Å². The molecule has 14 heteroatoms. The number of hydrogen-bond acceptors (Lipinski definition) is 10. The highest BCUT2D eigenvalue weighted by Crippen LogP contribution is 2.39. The number of nitrogens with zero attached hydrogens (tertiary/aromatic N) is 5. The van der Waals surface area contributed by atoms with Crippen molar-refractivity contribution in [1.29, 1.82) is 5.26 Å². The quantitative estimate of drug-likeness (QED) is 0.0797. The second-order valence-corrected chi connectivity index (χ2v) is 15.3. The van der Waals surface area contributed by atoms with E-state index in [2.05, 4.69) is 52.6 Å². The molecule has 4 aromatic carbocycles. The van der Waals surface area contributed by atoms with Gasteiger partial charge < -0.3 is 24.4 Å². The van der Waals surface area contributed by atoms with Gasteiger partial charge in [0.1, 0.15) is 24.5 Å². The van der Waals surface area contributed by atoms with Crippen molar-refractivity contribution in [2.45, 2.75) is 44.8 Å². The monoisotopic (exact) mass is 834 g/mol. The number of aromatic nitrogens is 3. The van der Waals surface area contributed by atoms with Crippen molar-refractivity contribution >= 4 is 40.1 Å². The largest absolute Gasteiger partial charge is 0.489 e. The summed E-state index contributed by atoms with van der Waals surface area (Å²) in [6.45, 7) is 3.65. The fraction of sp³-hybridized carbons (Fsp3) is 0.289. The molecule has 3 N–H and O–H groups in total. The van der Waals surface area contributed by atoms with E-state index in [1.807, 2.05) is 47.3 Å². The maximum Gasteiger partial charge on any atom is 0.323 e. The zero-order valence-electron chi connectivity index (χ0n) is 32.5. The van der Waals surface area contributed by atoms with Crippen LogP contribution in [0.1, 0.15) is 34.2 Å². The molecule has 2 atom stereocenters. The summed E-state index contributed by atoms with van der Waals surface area (Å²) in [7, 11) is 2.10. The van der Waals surface area contributed by atoms with E-state index in [4.69, 9.17) is 42.5 Å². The van der Waals surface area contributed by atoms with Crippen LogP contribution in [0, 0.1) is 11.3 Å². The molecule has 1 aliphatic rings. The highest BCUT2D eigenvalue weighted by molar-refractivity contribution is 6.36. The third-order valence-electron chi connectivity index (χ3n) is 10.3. The van der Waals surface area contributed by atoms with Crippen molar-refractivity contribution in [2.75, 3.05) is 40.0 Å². The lowest BCUT2D eigenvalue weighted by molar-refractivity contribution is -0.140. The van der Waals surface area contributed by atoms with Crippen LogP contribution in [0.3, 0.4) is 0 Å². The van der Waals surface area contributed by atoms with Gasteiger partial charge in [-0.15, -0.1) is 0 Å². The summed E-state index contributed by atoms with van der Waals surface area (Å²) in [6, 6.07) is 26.7. The van der Waals surface area contributed by atoms with Crippen molar-refractivity contribution in [3.05, 3.63) is 135 Å². The van der Waals surface area contributed by atoms with Crippen LogP contribution in [-0.4, -0.2) is 88.0 Å². The number of fused-ring (bicyclic) bond motifs is 1. The Labute approximate surface area is 352 Å². The fourth-order valence-electron chi connectivity index (χ4n) is 7.07. The second kappa shape index (κ2) is 19.6. The van der Waals surface area contributed by atoms with Crippen LogP contribution in [0.5, 0.6) is 5.75 Å². The van der Waals surface area contributed by atoms with Crippen LogP contribution < -0.4 is 10.1 Å². The smallest absolute Gasteiger partial charge is 0.323 e. The SMILES string of the molecule is CN(CCO[C@H]1CCOC1)Cc1ccc(-c2cccc(-c3cccc4c3cnn4Cc3cc(OCc4cncc(C#N)c4)c(CN[C@@H](CO)C(=O)O)cc3Cl)c2Cl)cc1. The summed E-state index contributed by atoms with van der Waals surface area (Å²) in [6.07, 6.45) is 6.08. The predicted molar refractivity (Wildman–Crippen MR) is 226 cm³/mol. The molecule has 304 valence electrons. The molecule has 0 unspecified atom stereocenters. The number of carbonyl (C=O) groups is 1. The van der Waals surface area contributed by atoms with Gasteiger partial charge in [-0.1, -0.05) is 77.8 Å². The molecule has 1 fully saturated rings. The van der Waals surface area contributed by atoms with Gasteiger partial charge in [-0.3, -0.25) is 24.7 Å². The number of carboxylic acids is 1. The summed E-state index contributed by atoms with van der Waals surface area (Å²) in [5, 5.41) is 37.9. The molecule has 6 aromatic rings. The maximum atomic E-state index is 11.6. The summed E-state index contributed by atoms with van der Waals surface area (Å²) >= 11 is 14.1. The molecule has 12 nitrogen and oxygen atoms in total. The number of carboxylic acid groups (broad SMARTS) is 1. The number of halogens is 2. The van der Waals surface area contributed by atoms with Crippen LogP contribution in [0.25, 0.3) is 33.2 Å². The van der Waals surface area contributed by atoms with E-state index in [-0.39, 0.29) is 19.3 Å². The number of hydrogen-bond donors (Lipinski definition) is 3. The molecule has 1 saturated heterocycles. The molecule has 59 heavy (non-hydrogen) atoms. The van der Waals surface area contributed by atoms with Crippen molar-refractivity contribution in [3.63, 3.8) is 0 Å². The molecule has 0 saturated carbocycles. The highest BCUT2D eigenvalue weighted by atomic mass is 35.5. The van der Waals surface area contributed by atoms with Gasteiger partial charge in [0.15, 0.2) is 0 Å². The first-order chi connectivity index (χ1) is 28.7. The average molecular weight is 836 g/mol. The van der Waals surface area contributed by atoms with Crippen LogP contribution in [0.15, 0.2) is 97.5 Å². The molecule has 7 rings (SSSR count). The third-order valence-corrected chi connectivity index (χ3v) is 11.1. The summed E-state index contributed by atoms with van der Waals surface area (Å²) in [5.74, 6) is -0.738.